The summed E-state index contributed by atoms with van der Waals surface area (Å²) in [6, 6.07) is -1.41. The molecule has 30 heavy (non-hydrogen) atoms. The van der Waals surface area contributed by atoms with Gasteiger partial charge < -0.3 is 50.5 Å². The average Bonchev–Trinajstić information content (AvgIpc) is 2.67. The SMILES string of the molecule is CC(=O)N[C@@H](CO)[C@@H](O[C@@H]1O[C@H](CO)[C@H](O)[C@H](OS(=O)(=O)O)[C@H]1O)[C@@H](O)[C@H](O)CO. The molecule has 1 aliphatic rings. The van der Waals surface area contributed by atoms with E-state index in [0.717, 1.165) is 6.92 Å². The van der Waals surface area contributed by atoms with E-state index in [0.29, 0.717) is 0 Å². The van der Waals surface area contributed by atoms with Crippen molar-refractivity contribution in [2.45, 2.75) is 62.0 Å². The maximum absolute atomic E-state index is 11.4. The lowest BCUT2D eigenvalue weighted by Gasteiger charge is -2.43. The zero-order chi connectivity index (χ0) is 23.2. The Balaban J connectivity index is 3.21. The first-order chi connectivity index (χ1) is 13.9. The highest BCUT2D eigenvalue weighted by atomic mass is 32.3. The Morgan fingerprint density at radius 1 is 1.13 bits per heavy atom. The standard InChI is InChI=1S/C14H27NO14S/c1-5(19)15-6(2-16)12(9(21)7(20)3-17)28-14-11(23)13(29-30(24,25)26)10(22)8(4-18)27-14/h6-14,16-18,20-23H,2-4H2,1H3,(H,15,19)(H,24,25,26)/t6-,7+,8+,9-,10-,11+,12+,13-,14-/m0/s1. The van der Waals surface area contributed by atoms with Gasteiger partial charge in [0.25, 0.3) is 0 Å². The molecule has 0 aromatic rings. The fourth-order valence-corrected chi connectivity index (χ4v) is 3.32. The number of nitrogens with one attached hydrogen (secondary N) is 1. The van der Waals surface area contributed by atoms with E-state index in [9.17, 15) is 43.9 Å². The molecule has 0 radical (unpaired) electrons. The summed E-state index contributed by atoms with van der Waals surface area (Å²) in [5, 5.41) is 70.4. The zero-order valence-electron chi connectivity index (χ0n) is 15.8. The summed E-state index contributed by atoms with van der Waals surface area (Å²) in [6.07, 6.45) is -15.2. The van der Waals surface area contributed by atoms with E-state index in [4.69, 9.17) is 19.1 Å². The van der Waals surface area contributed by atoms with Crippen LogP contribution in [0.15, 0.2) is 0 Å². The van der Waals surface area contributed by atoms with E-state index < -0.39 is 91.2 Å². The van der Waals surface area contributed by atoms with Crippen molar-refractivity contribution < 1.29 is 67.2 Å². The predicted octanol–water partition coefficient (Wildman–Crippen LogP) is -5.79. The Hall–Kier alpha value is -1.02. The lowest BCUT2D eigenvalue weighted by molar-refractivity contribution is -0.319. The van der Waals surface area contributed by atoms with Crippen molar-refractivity contribution in [2.75, 3.05) is 19.8 Å². The van der Waals surface area contributed by atoms with Crippen molar-refractivity contribution >= 4 is 16.3 Å². The van der Waals surface area contributed by atoms with Crippen molar-refractivity contribution in [3.63, 3.8) is 0 Å². The van der Waals surface area contributed by atoms with Gasteiger partial charge in [0.05, 0.1) is 25.9 Å². The summed E-state index contributed by atoms with van der Waals surface area (Å²) < 4.78 is 45.5. The third-order valence-electron chi connectivity index (χ3n) is 4.25. The Morgan fingerprint density at radius 3 is 2.17 bits per heavy atom. The van der Waals surface area contributed by atoms with Gasteiger partial charge in [-0.3, -0.25) is 9.35 Å². The Labute approximate surface area is 171 Å². The topological polar surface area (TPSA) is 253 Å². The largest absolute Gasteiger partial charge is 0.397 e. The molecule has 0 saturated carbocycles. The van der Waals surface area contributed by atoms with Crippen LogP contribution < -0.4 is 5.32 Å². The highest BCUT2D eigenvalue weighted by Crippen LogP contribution is 2.27. The highest BCUT2D eigenvalue weighted by Gasteiger charge is 2.49. The van der Waals surface area contributed by atoms with Gasteiger partial charge in [-0.2, -0.15) is 8.42 Å². The van der Waals surface area contributed by atoms with Gasteiger partial charge in [0.15, 0.2) is 6.29 Å². The van der Waals surface area contributed by atoms with E-state index in [-0.39, 0.29) is 0 Å². The Kier molecular flexibility index (Phi) is 10.4. The number of ether oxygens (including phenoxy) is 2. The predicted molar refractivity (Wildman–Crippen MR) is 92.8 cm³/mol. The molecule has 1 aliphatic heterocycles. The number of rotatable bonds is 11. The number of hydrogen-bond donors (Lipinski definition) is 9. The number of aliphatic hydroxyl groups excluding tert-OH is 7. The van der Waals surface area contributed by atoms with Crippen LogP contribution in [-0.2, 0) is 28.9 Å². The molecule has 1 saturated heterocycles. The molecule has 178 valence electrons. The van der Waals surface area contributed by atoms with Gasteiger partial charge in [0, 0.05) is 6.92 Å². The molecular weight excluding hydrogens is 438 g/mol. The molecule has 0 aromatic carbocycles. The molecule has 1 rings (SSSR count). The van der Waals surface area contributed by atoms with Crippen molar-refractivity contribution in [1.29, 1.82) is 0 Å². The van der Waals surface area contributed by atoms with Gasteiger partial charge in [-0.15, -0.1) is 0 Å². The summed E-state index contributed by atoms with van der Waals surface area (Å²) in [6.45, 7) is -1.66. The lowest BCUT2D eigenvalue weighted by Crippen LogP contribution is -2.63. The quantitative estimate of drug-likeness (QED) is 0.129. The maximum atomic E-state index is 11.4. The van der Waals surface area contributed by atoms with Gasteiger partial charge in [0.2, 0.25) is 5.91 Å². The van der Waals surface area contributed by atoms with Crippen molar-refractivity contribution in [2.24, 2.45) is 0 Å². The summed E-state index contributed by atoms with van der Waals surface area (Å²) in [5.74, 6) is -0.685. The molecule has 1 amide bonds. The van der Waals surface area contributed by atoms with Crippen LogP contribution in [0, 0.1) is 0 Å². The fourth-order valence-electron chi connectivity index (χ4n) is 2.81. The van der Waals surface area contributed by atoms with Gasteiger partial charge in [0.1, 0.15) is 42.7 Å². The minimum atomic E-state index is -5.18. The Morgan fingerprint density at radius 2 is 1.73 bits per heavy atom. The van der Waals surface area contributed by atoms with Crippen LogP contribution in [0.4, 0.5) is 0 Å². The summed E-state index contributed by atoms with van der Waals surface area (Å²) >= 11 is 0. The third-order valence-corrected chi connectivity index (χ3v) is 4.71. The van der Waals surface area contributed by atoms with E-state index in [1.54, 1.807) is 0 Å². The molecule has 0 aromatic heterocycles. The molecule has 0 bridgehead atoms. The van der Waals surface area contributed by atoms with Crippen LogP contribution in [0.2, 0.25) is 0 Å². The molecule has 1 fully saturated rings. The molecule has 15 nitrogen and oxygen atoms in total. The monoisotopic (exact) mass is 465 g/mol. The molecule has 16 heteroatoms. The van der Waals surface area contributed by atoms with Gasteiger partial charge in [-0.05, 0) is 0 Å². The number of carbonyl (C=O) groups is 1. The van der Waals surface area contributed by atoms with Gasteiger partial charge >= 0.3 is 10.4 Å². The Bertz CT molecular complexity index is 647. The van der Waals surface area contributed by atoms with Crippen LogP contribution in [-0.4, -0.2) is 130 Å². The van der Waals surface area contributed by atoms with E-state index in [2.05, 4.69) is 9.50 Å². The highest BCUT2D eigenvalue weighted by molar-refractivity contribution is 7.80. The molecule has 9 atom stereocenters. The second-order valence-corrected chi connectivity index (χ2v) is 7.57. The van der Waals surface area contributed by atoms with E-state index in [1.165, 1.54) is 0 Å². The van der Waals surface area contributed by atoms with Gasteiger partial charge in [-0.1, -0.05) is 0 Å². The van der Waals surface area contributed by atoms with Crippen LogP contribution in [0.5, 0.6) is 0 Å². The molecule has 0 aliphatic carbocycles. The number of carbonyl (C=O) groups excluding carboxylic acids is 1. The van der Waals surface area contributed by atoms with Crippen LogP contribution in [0.3, 0.4) is 0 Å². The number of aliphatic hydroxyl groups is 7. The smallest absolute Gasteiger partial charge is 0.394 e. The van der Waals surface area contributed by atoms with Crippen molar-refractivity contribution in [3.05, 3.63) is 0 Å². The lowest BCUT2D eigenvalue weighted by atomic mass is 9.98. The maximum Gasteiger partial charge on any atom is 0.397 e. The normalized spacial score (nSPS) is 31.6. The zero-order valence-corrected chi connectivity index (χ0v) is 16.6. The molecular formula is C14H27NO14S. The average molecular weight is 465 g/mol. The minimum absolute atomic E-state index is 0.685. The summed E-state index contributed by atoms with van der Waals surface area (Å²) in [5.41, 5.74) is 0. The molecule has 0 spiro atoms. The van der Waals surface area contributed by atoms with Crippen LogP contribution >= 0.6 is 0 Å². The van der Waals surface area contributed by atoms with E-state index in [1.807, 2.05) is 0 Å². The van der Waals surface area contributed by atoms with Crippen molar-refractivity contribution in [1.82, 2.24) is 5.32 Å². The summed E-state index contributed by atoms with van der Waals surface area (Å²) in [7, 11) is -5.18. The number of hydrogen-bond acceptors (Lipinski definition) is 13. The number of amides is 1. The van der Waals surface area contributed by atoms with E-state index >= 15 is 0 Å². The summed E-state index contributed by atoms with van der Waals surface area (Å²) in [4.78, 5) is 11.4. The first-order valence-electron chi connectivity index (χ1n) is 8.64. The molecule has 9 N–H and O–H groups in total. The first-order valence-corrected chi connectivity index (χ1v) is 10.0. The second kappa shape index (κ2) is 11.6. The van der Waals surface area contributed by atoms with Crippen molar-refractivity contribution in [3.8, 4) is 0 Å². The van der Waals surface area contributed by atoms with Crippen LogP contribution in [0.1, 0.15) is 6.92 Å². The third kappa shape index (κ3) is 7.29. The second-order valence-electron chi connectivity index (χ2n) is 6.53. The molecule has 0 unspecified atom stereocenters. The minimum Gasteiger partial charge on any atom is -0.394 e. The fraction of sp³-hybridized carbons (Fsp3) is 0.929. The molecule has 1 heterocycles. The first kappa shape index (κ1) is 27.0. The van der Waals surface area contributed by atoms with Crippen LogP contribution in [0.25, 0.3) is 0 Å². The van der Waals surface area contributed by atoms with Gasteiger partial charge in [-0.25, -0.2) is 4.18 Å².